The topological polar surface area (TPSA) is 9.23 Å². The Morgan fingerprint density at radius 2 is 2.24 bits per heavy atom. The van der Waals surface area contributed by atoms with Gasteiger partial charge in [0.15, 0.2) is 0 Å². The number of aryl methyl sites for hydroxylation is 1. The Labute approximate surface area is 109 Å². The average Bonchev–Trinajstić information content (AvgIpc) is 2.36. The van der Waals surface area contributed by atoms with Crippen LogP contribution in [-0.2, 0) is 24.2 Å². The van der Waals surface area contributed by atoms with Gasteiger partial charge in [-0.1, -0.05) is 25.1 Å². The second kappa shape index (κ2) is 6.46. The maximum atomic E-state index is 5.19. The van der Waals surface area contributed by atoms with Gasteiger partial charge in [0.2, 0.25) is 0 Å². The summed E-state index contributed by atoms with van der Waals surface area (Å²) in [6.45, 7) is 2.99. The molecule has 0 spiro atoms. The summed E-state index contributed by atoms with van der Waals surface area (Å²) in [5, 5.41) is 0. The molecule has 0 fully saturated rings. The fraction of sp³-hybridized carbons (Fsp3) is 0.600. The molecule has 0 aliphatic heterocycles. The molecule has 0 saturated carbocycles. The van der Waals surface area contributed by atoms with Crippen molar-refractivity contribution in [2.75, 3.05) is 18.6 Å². The van der Waals surface area contributed by atoms with Gasteiger partial charge in [0.05, 0.1) is 6.61 Å². The molecule has 17 heavy (non-hydrogen) atoms. The van der Waals surface area contributed by atoms with Crippen LogP contribution in [0.3, 0.4) is 0 Å². The predicted octanol–water partition coefficient (Wildman–Crippen LogP) is 3.69. The van der Waals surface area contributed by atoms with Crippen molar-refractivity contribution in [1.82, 2.24) is 0 Å². The molecular formula is C15H22OS. The molecule has 1 nitrogen and oxygen atoms in total. The van der Waals surface area contributed by atoms with Gasteiger partial charge in [0.25, 0.3) is 0 Å². The standard InChI is InChI=1S/C15H22OS/c1-3-17-11-13-5-7-14-8-12(10-16-2)4-6-15(14)9-13/h4,6,8,13H,3,5,7,9-11H2,1-2H3. The zero-order chi connectivity index (χ0) is 12.1. The Morgan fingerprint density at radius 1 is 1.35 bits per heavy atom. The van der Waals surface area contributed by atoms with E-state index in [9.17, 15) is 0 Å². The van der Waals surface area contributed by atoms with Crippen LogP contribution < -0.4 is 0 Å². The molecule has 1 aromatic carbocycles. The van der Waals surface area contributed by atoms with Crippen molar-refractivity contribution in [1.29, 1.82) is 0 Å². The van der Waals surface area contributed by atoms with E-state index in [1.165, 1.54) is 36.3 Å². The summed E-state index contributed by atoms with van der Waals surface area (Å²) in [5.41, 5.74) is 4.43. The minimum absolute atomic E-state index is 0.738. The molecule has 0 N–H and O–H groups in total. The third-order valence-electron chi connectivity index (χ3n) is 3.47. The summed E-state index contributed by atoms with van der Waals surface area (Å²) in [7, 11) is 1.76. The minimum Gasteiger partial charge on any atom is -0.380 e. The second-order valence-corrected chi connectivity index (χ2v) is 6.12. The molecule has 2 rings (SSSR count). The highest BCUT2D eigenvalue weighted by molar-refractivity contribution is 7.99. The molecule has 1 aromatic rings. The lowest BCUT2D eigenvalue weighted by molar-refractivity contribution is 0.185. The molecule has 0 saturated heterocycles. The van der Waals surface area contributed by atoms with Crippen LogP contribution >= 0.6 is 11.8 Å². The zero-order valence-corrected chi connectivity index (χ0v) is 11.7. The Hall–Kier alpha value is -0.470. The van der Waals surface area contributed by atoms with E-state index < -0.39 is 0 Å². The Morgan fingerprint density at radius 3 is 3.00 bits per heavy atom. The summed E-state index contributed by atoms with van der Waals surface area (Å²) in [4.78, 5) is 0. The number of hydrogen-bond acceptors (Lipinski definition) is 2. The van der Waals surface area contributed by atoms with Crippen molar-refractivity contribution in [3.63, 3.8) is 0 Å². The van der Waals surface area contributed by atoms with E-state index in [1.54, 1.807) is 18.2 Å². The summed E-state index contributed by atoms with van der Waals surface area (Å²) >= 11 is 2.08. The molecule has 2 heteroatoms. The highest BCUT2D eigenvalue weighted by Crippen LogP contribution is 2.28. The second-order valence-electron chi connectivity index (χ2n) is 4.80. The van der Waals surface area contributed by atoms with Gasteiger partial charge in [-0.25, -0.2) is 0 Å². The van der Waals surface area contributed by atoms with Crippen LogP contribution in [0.15, 0.2) is 18.2 Å². The van der Waals surface area contributed by atoms with Crippen molar-refractivity contribution in [3.8, 4) is 0 Å². The third kappa shape index (κ3) is 3.49. The number of hydrogen-bond donors (Lipinski definition) is 0. The smallest absolute Gasteiger partial charge is 0.0713 e. The molecule has 0 aromatic heterocycles. The van der Waals surface area contributed by atoms with Crippen molar-refractivity contribution < 1.29 is 4.74 Å². The van der Waals surface area contributed by atoms with Crippen LogP contribution in [0.4, 0.5) is 0 Å². The number of fused-ring (bicyclic) bond motifs is 1. The summed E-state index contributed by atoms with van der Waals surface area (Å²) in [5.74, 6) is 3.46. The maximum Gasteiger partial charge on any atom is 0.0713 e. The van der Waals surface area contributed by atoms with E-state index in [0.29, 0.717) is 0 Å². The first-order valence-electron chi connectivity index (χ1n) is 6.50. The van der Waals surface area contributed by atoms with E-state index in [4.69, 9.17) is 4.74 Å². The van der Waals surface area contributed by atoms with E-state index >= 15 is 0 Å². The molecule has 0 radical (unpaired) electrons. The van der Waals surface area contributed by atoms with Gasteiger partial charge in [0, 0.05) is 7.11 Å². The van der Waals surface area contributed by atoms with Crippen LogP contribution in [0.25, 0.3) is 0 Å². The summed E-state index contributed by atoms with van der Waals surface area (Å²) in [6, 6.07) is 6.87. The largest absolute Gasteiger partial charge is 0.380 e. The molecule has 0 bridgehead atoms. The van der Waals surface area contributed by atoms with Crippen LogP contribution in [-0.4, -0.2) is 18.6 Å². The average molecular weight is 250 g/mol. The van der Waals surface area contributed by atoms with Crippen LogP contribution in [0, 0.1) is 5.92 Å². The van der Waals surface area contributed by atoms with Gasteiger partial charge in [-0.05, 0) is 53.4 Å². The van der Waals surface area contributed by atoms with Gasteiger partial charge < -0.3 is 4.74 Å². The Bertz CT molecular complexity index is 362. The first-order valence-corrected chi connectivity index (χ1v) is 7.66. The van der Waals surface area contributed by atoms with Gasteiger partial charge >= 0.3 is 0 Å². The molecule has 0 heterocycles. The van der Waals surface area contributed by atoms with Crippen LogP contribution in [0.1, 0.15) is 30.0 Å². The van der Waals surface area contributed by atoms with Gasteiger partial charge in [-0.15, -0.1) is 0 Å². The first kappa shape index (κ1) is 13.0. The van der Waals surface area contributed by atoms with E-state index in [-0.39, 0.29) is 0 Å². The number of ether oxygens (including phenoxy) is 1. The molecule has 1 atom stereocenters. The molecular weight excluding hydrogens is 228 g/mol. The Kier molecular flexibility index (Phi) is 4.93. The summed E-state index contributed by atoms with van der Waals surface area (Å²) in [6.07, 6.45) is 3.88. The van der Waals surface area contributed by atoms with Crippen LogP contribution in [0.5, 0.6) is 0 Å². The predicted molar refractivity (Wildman–Crippen MR) is 75.7 cm³/mol. The molecule has 0 amide bonds. The van der Waals surface area contributed by atoms with E-state index in [1.807, 2.05) is 0 Å². The van der Waals surface area contributed by atoms with Crippen molar-refractivity contribution >= 4 is 11.8 Å². The number of thioether (sulfide) groups is 1. The van der Waals surface area contributed by atoms with Gasteiger partial charge in [-0.3, -0.25) is 0 Å². The number of rotatable bonds is 5. The molecule has 94 valence electrons. The quantitative estimate of drug-likeness (QED) is 0.788. The lowest BCUT2D eigenvalue weighted by Crippen LogP contribution is -2.16. The van der Waals surface area contributed by atoms with Gasteiger partial charge in [0.1, 0.15) is 0 Å². The fourth-order valence-corrected chi connectivity index (χ4v) is 3.42. The monoisotopic (exact) mass is 250 g/mol. The lowest BCUT2D eigenvalue weighted by atomic mass is 9.84. The lowest BCUT2D eigenvalue weighted by Gasteiger charge is -2.24. The summed E-state index contributed by atoms with van der Waals surface area (Å²) < 4.78 is 5.19. The normalized spacial score (nSPS) is 19.1. The van der Waals surface area contributed by atoms with E-state index in [0.717, 1.165) is 12.5 Å². The zero-order valence-electron chi connectivity index (χ0n) is 10.9. The van der Waals surface area contributed by atoms with Gasteiger partial charge in [-0.2, -0.15) is 11.8 Å². The van der Waals surface area contributed by atoms with Crippen molar-refractivity contribution in [2.24, 2.45) is 5.92 Å². The third-order valence-corrected chi connectivity index (χ3v) is 4.59. The van der Waals surface area contributed by atoms with E-state index in [2.05, 4.69) is 36.9 Å². The Balaban J connectivity index is 2.01. The number of methoxy groups -OCH3 is 1. The maximum absolute atomic E-state index is 5.19. The van der Waals surface area contributed by atoms with Crippen molar-refractivity contribution in [2.45, 2.75) is 32.8 Å². The fourth-order valence-electron chi connectivity index (χ4n) is 2.57. The molecule has 1 aliphatic rings. The molecule has 1 aliphatic carbocycles. The SMILES string of the molecule is CCSCC1CCc2cc(COC)ccc2C1. The highest BCUT2D eigenvalue weighted by atomic mass is 32.2. The van der Waals surface area contributed by atoms with Crippen molar-refractivity contribution in [3.05, 3.63) is 34.9 Å². The number of benzene rings is 1. The highest BCUT2D eigenvalue weighted by Gasteiger charge is 2.18. The minimum atomic E-state index is 0.738. The first-order chi connectivity index (χ1) is 8.33. The van der Waals surface area contributed by atoms with Crippen LogP contribution in [0.2, 0.25) is 0 Å². The molecule has 1 unspecified atom stereocenters.